The van der Waals surface area contributed by atoms with E-state index in [1.807, 2.05) is 35.0 Å². The molecule has 1 heterocycles. The van der Waals surface area contributed by atoms with Crippen molar-refractivity contribution in [2.75, 3.05) is 13.1 Å². The highest BCUT2D eigenvalue weighted by molar-refractivity contribution is 5.26. The largest absolute Gasteiger partial charge is 0.416 e. The molecular formula is C19H21F3N2. The average Bonchev–Trinajstić information content (AvgIpc) is 2.94. The summed E-state index contributed by atoms with van der Waals surface area (Å²) in [6, 6.07) is 9.34. The Balaban J connectivity index is 2.16. The number of benzene rings is 1. The minimum absolute atomic E-state index is 0.405. The van der Waals surface area contributed by atoms with Gasteiger partial charge in [-0.3, -0.25) is 4.90 Å². The average molecular weight is 334 g/mol. The van der Waals surface area contributed by atoms with Gasteiger partial charge in [0.25, 0.3) is 0 Å². The Bertz CT molecular complexity index is 676. The zero-order valence-corrected chi connectivity index (χ0v) is 13.5. The van der Waals surface area contributed by atoms with Crippen LogP contribution in [0.2, 0.25) is 0 Å². The SMILES string of the molecule is C=CCN(CC=C)Cc1cccn1Cc1cccc(C(F)(F)F)c1. The molecule has 1 aromatic heterocycles. The molecule has 0 saturated carbocycles. The quantitative estimate of drug-likeness (QED) is 0.634. The molecule has 2 rings (SSSR count). The van der Waals surface area contributed by atoms with Crippen molar-refractivity contribution in [1.82, 2.24) is 9.47 Å². The van der Waals surface area contributed by atoms with Gasteiger partial charge < -0.3 is 4.57 Å². The Hall–Kier alpha value is -2.27. The van der Waals surface area contributed by atoms with Gasteiger partial charge in [0.05, 0.1) is 5.56 Å². The molecule has 0 aliphatic rings. The van der Waals surface area contributed by atoms with E-state index in [1.54, 1.807) is 6.07 Å². The minimum Gasteiger partial charge on any atom is -0.346 e. The number of aromatic nitrogens is 1. The third-order valence-electron chi connectivity index (χ3n) is 3.69. The van der Waals surface area contributed by atoms with Gasteiger partial charge in [-0.25, -0.2) is 0 Å². The van der Waals surface area contributed by atoms with E-state index in [1.165, 1.54) is 12.1 Å². The molecule has 2 nitrogen and oxygen atoms in total. The predicted octanol–water partition coefficient (Wildman–Crippen LogP) is 4.73. The third-order valence-corrected chi connectivity index (χ3v) is 3.69. The zero-order valence-electron chi connectivity index (χ0n) is 13.5. The lowest BCUT2D eigenvalue weighted by Crippen LogP contribution is -2.24. The van der Waals surface area contributed by atoms with Gasteiger partial charge in [0.1, 0.15) is 0 Å². The number of hydrogen-bond donors (Lipinski definition) is 0. The van der Waals surface area contributed by atoms with Crippen LogP contribution in [0, 0.1) is 0 Å². The van der Waals surface area contributed by atoms with E-state index in [4.69, 9.17) is 0 Å². The van der Waals surface area contributed by atoms with Gasteiger partial charge in [0, 0.05) is 38.1 Å². The molecule has 0 atom stereocenters. The molecule has 24 heavy (non-hydrogen) atoms. The first-order valence-corrected chi connectivity index (χ1v) is 7.68. The second-order valence-electron chi connectivity index (χ2n) is 5.60. The van der Waals surface area contributed by atoms with Gasteiger partial charge in [-0.15, -0.1) is 13.2 Å². The van der Waals surface area contributed by atoms with E-state index in [9.17, 15) is 13.2 Å². The lowest BCUT2D eigenvalue weighted by atomic mass is 10.1. The van der Waals surface area contributed by atoms with Gasteiger partial charge in [-0.05, 0) is 29.8 Å². The number of nitrogens with zero attached hydrogens (tertiary/aromatic N) is 2. The van der Waals surface area contributed by atoms with E-state index < -0.39 is 11.7 Å². The molecular weight excluding hydrogens is 313 g/mol. The van der Waals surface area contributed by atoms with E-state index in [0.29, 0.717) is 18.7 Å². The summed E-state index contributed by atoms with van der Waals surface area (Å²) in [5, 5.41) is 0. The summed E-state index contributed by atoms with van der Waals surface area (Å²) in [5.41, 5.74) is 1.05. The summed E-state index contributed by atoms with van der Waals surface area (Å²) < 4.78 is 40.5. The van der Waals surface area contributed by atoms with E-state index in [-0.39, 0.29) is 0 Å². The molecule has 128 valence electrons. The zero-order chi connectivity index (χ0) is 17.6. The first kappa shape index (κ1) is 18.1. The van der Waals surface area contributed by atoms with Crippen molar-refractivity contribution < 1.29 is 13.2 Å². The highest BCUT2D eigenvalue weighted by Gasteiger charge is 2.30. The van der Waals surface area contributed by atoms with Crippen LogP contribution in [0.4, 0.5) is 13.2 Å². The highest BCUT2D eigenvalue weighted by atomic mass is 19.4. The molecule has 0 aliphatic carbocycles. The molecule has 0 unspecified atom stereocenters. The van der Waals surface area contributed by atoms with Crippen molar-refractivity contribution in [1.29, 1.82) is 0 Å². The second kappa shape index (κ2) is 8.02. The predicted molar refractivity (Wildman–Crippen MR) is 90.6 cm³/mol. The lowest BCUT2D eigenvalue weighted by Gasteiger charge is -2.20. The Morgan fingerprint density at radius 2 is 1.75 bits per heavy atom. The molecule has 0 saturated heterocycles. The molecule has 0 spiro atoms. The molecule has 0 amide bonds. The van der Waals surface area contributed by atoms with Crippen molar-refractivity contribution in [2.45, 2.75) is 19.3 Å². The maximum atomic E-state index is 12.8. The number of halogens is 3. The molecule has 0 radical (unpaired) electrons. The molecule has 1 aromatic carbocycles. The number of hydrogen-bond acceptors (Lipinski definition) is 1. The molecule has 0 bridgehead atoms. The second-order valence-corrected chi connectivity index (χ2v) is 5.60. The fourth-order valence-electron chi connectivity index (χ4n) is 2.59. The molecule has 5 heteroatoms. The summed E-state index contributed by atoms with van der Waals surface area (Å²) in [5.74, 6) is 0. The number of alkyl halides is 3. The standard InChI is InChI=1S/C19H21F3N2/c1-3-10-23(11-4-2)15-18-9-6-12-24(18)14-16-7-5-8-17(13-16)19(20,21)22/h3-9,12-13H,1-2,10-11,14-15H2. The summed E-state index contributed by atoms with van der Waals surface area (Å²) >= 11 is 0. The highest BCUT2D eigenvalue weighted by Crippen LogP contribution is 2.29. The Morgan fingerprint density at radius 1 is 1.04 bits per heavy atom. The maximum Gasteiger partial charge on any atom is 0.416 e. The first-order chi connectivity index (χ1) is 11.4. The fourth-order valence-corrected chi connectivity index (χ4v) is 2.59. The van der Waals surface area contributed by atoms with Gasteiger partial charge >= 0.3 is 6.18 Å². The summed E-state index contributed by atoms with van der Waals surface area (Å²) in [7, 11) is 0. The summed E-state index contributed by atoms with van der Waals surface area (Å²) in [6.45, 7) is 10.0. The van der Waals surface area contributed by atoms with Crippen LogP contribution in [0.3, 0.4) is 0 Å². The van der Waals surface area contributed by atoms with Crippen LogP contribution in [0.25, 0.3) is 0 Å². The van der Waals surface area contributed by atoms with Crippen LogP contribution >= 0.6 is 0 Å². The Kier molecular flexibility index (Phi) is 6.04. The van der Waals surface area contributed by atoms with Crippen LogP contribution in [0.5, 0.6) is 0 Å². The normalized spacial score (nSPS) is 11.7. The van der Waals surface area contributed by atoms with Crippen LogP contribution in [0.15, 0.2) is 67.9 Å². The van der Waals surface area contributed by atoms with Crippen molar-refractivity contribution in [3.05, 3.63) is 84.7 Å². The third kappa shape index (κ3) is 4.86. The molecule has 2 aromatic rings. The van der Waals surface area contributed by atoms with Crippen molar-refractivity contribution in [3.8, 4) is 0 Å². The van der Waals surface area contributed by atoms with Gasteiger partial charge in [-0.2, -0.15) is 13.2 Å². The topological polar surface area (TPSA) is 8.17 Å². The van der Waals surface area contributed by atoms with Crippen LogP contribution in [-0.2, 0) is 19.3 Å². The van der Waals surface area contributed by atoms with E-state index in [2.05, 4.69) is 18.1 Å². The minimum atomic E-state index is -4.32. The van der Waals surface area contributed by atoms with Crippen LogP contribution < -0.4 is 0 Å². The van der Waals surface area contributed by atoms with Gasteiger partial charge in [0.15, 0.2) is 0 Å². The fraction of sp³-hybridized carbons (Fsp3) is 0.263. The number of rotatable bonds is 8. The lowest BCUT2D eigenvalue weighted by molar-refractivity contribution is -0.137. The van der Waals surface area contributed by atoms with Crippen molar-refractivity contribution in [2.24, 2.45) is 0 Å². The maximum absolute atomic E-state index is 12.8. The van der Waals surface area contributed by atoms with Crippen molar-refractivity contribution in [3.63, 3.8) is 0 Å². The van der Waals surface area contributed by atoms with Crippen LogP contribution in [0.1, 0.15) is 16.8 Å². The van der Waals surface area contributed by atoms with Gasteiger partial charge in [0.2, 0.25) is 0 Å². The van der Waals surface area contributed by atoms with Gasteiger partial charge in [-0.1, -0.05) is 24.3 Å². The summed E-state index contributed by atoms with van der Waals surface area (Å²) in [4.78, 5) is 2.15. The van der Waals surface area contributed by atoms with Crippen molar-refractivity contribution >= 4 is 0 Å². The Labute approximate surface area is 140 Å². The first-order valence-electron chi connectivity index (χ1n) is 7.68. The monoisotopic (exact) mass is 334 g/mol. The van der Waals surface area contributed by atoms with Crippen LogP contribution in [-0.4, -0.2) is 22.6 Å². The molecule has 0 aliphatic heterocycles. The summed E-state index contributed by atoms with van der Waals surface area (Å²) in [6.07, 6.45) is 1.21. The molecule has 0 N–H and O–H groups in total. The smallest absolute Gasteiger partial charge is 0.346 e. The van der Waals surface area contributed by atoms with E-state index in [0.717, 1.165) is 24.8 Å². The van der Waals surface area contributed by atoms with E-state index >= 15 is 0 Å². The molecule has 0 fully saturated rings. The Morgan fingerprint density at radius 3 is 2.38 bits per heavy atom.